The van der Waals surface area contributed by atoms with E-state index in [0.717, 1.165) is 11.1 Å². The predicted molar refractivity (Wildman–Crippen MR) is 79.8 cm³/mol. The van der Waals surface area contributed by atoms with Crippen molar-refractivity contribution in [2.45, 2.75) is 10.00 Å². The van der Waals surface area contributed by atoms with Crippen molar-refractivity contribution >= 4 is 11.8 Å². The molecular formula is C17H12N2S. The fourth-order valence-electron chi connectivity index (χ4n) is 2.78. The molecule has 1 heterocycles. The number of benzene rings is 2. The van der Waals surface area contributed by atoms with E-state index in [4.69, 9.17) is 0 Å². The molecule has 3 heteroatoms. The molecule has 0 saturated carbocycles. The van der Waals surface area contributed by atoms with E-state index in [0.29, 0.717) is 0 Å². The van der Waals surface area contributed by atoms with Gasteiger partial charge in [0.15, 0.2) is 0 Å². The maximum absolute atomic E-state index is 9.53. The van der Waals surface area contributed by atoms with Crippen LogP contribution in [0.2, 0.25) is 0 Å². The number of rotatable bonds is 2. The molecule has 0 bridgehead atoms. The quantitative estimate of drug-likeness (QED) is 0.840. The summed E-state index contributed by atoms with van der Waals surface area (Å²) in [6, 6.07) is 24.6. The number of nitriles is 2. The Morgan fingerprint density at radius 2 is 1.30 bits per heavy atom. The van der Waals surface area contributed by atoms with Crippen LogP contribution in [0.4, 0.5) is 0 Å². The summed E-state index contributed by atoms with van der Waals surface area (Å²) in [6.45, 7) is 0. The zero-order chi connectivity index (χ0) is 14.0. The first-order chi connectivity index (χ1) is 9.82. The van der Waals surface area contributed by atoms with Crippen LogP contribution in [0.3, 0.4) is 0 Å². The Bertz CT molecular complexity index is 643. The summed E-state index contributed by atoms with van der Waals surface area (Å²) in [5.74, 6) is -0.317. The molecule has 0 unspecified atom stereocenters. The van der Waals surface area contributed by atoms with Crippen molar-refractivity contribution in [3.8, 4) is 12.1 Å². The van der Waals surface area contributed by atoms with Crippen molar-refractivity contribution in [3.63, 3.8) is 0 Å². The maximum Gasteiger partial charge on any atom is 0.111 e. The fraction of sp³-hybridized carbons (Fsp3) is 0.176. The second-order valence-electron chi connectivity index (χ2n) is 4.74. The van der Waals surface area contributed by atoms with Crippen LogP contribution in [0.1, 0.15) is 11.1 Å². The molecule has 2 aromatic carbocycles. The average Bonchev–Trinajstić information content (AvgIpc) is 2.50. The smallest absolute Gasteiger partial charge is 0.111 e. The first-order valence-corrected chi connectivity index (χ1v) is 7.29. The topological polar surface area (TPSA) is 47.6 Å². The Labute approximate surface area is 122 Å². The van der Waals surface area contributed by atoms with Crippen molar-refractivity contribution in [1.82, 2.24) is 0 Å². The monoisotopic (exact) mass is 276 g/mol. The van der Waals surface area contributed by atoms with Crippen molar-refractivity contribution in [3.05, 3.63) is 71.8 Å². The highest BCUT2D eigenvalue weighted by atomic mass is 32.2. The van der Waals surface area contributed by atoms with E-state index in [1.165, 1.54) is 0 Å². The van der Waals surface area contributed by atoms with E-state index in [1.807, 2.05) is 60.7 Å². The molecule has 2 atom stereocenters. The van der Waals surface area contributed by atoms with Crippen LogP contribution in [0.15, 0.2) is 60.7 Å². The summed E-state index contributed by atoms with van der Waals surface area (Å²) in [7, 11) is 0. The third kappa shape index (κ3) is 1.72. The van der Waals surface area contributed by atoms with Crippen LogP contribution in [-0.2, 0) is 4.75 Å². The van der Waals surface area contributed by atoms with Gasteiger partial charge in [-0.05, 0) is 11.1 Å². The lowest BCUT2D eigenvalue weighted by Crippen LogP contribution is -2.49. The van der Waals surface area contributed by atoms with E-state index < -0.39 is 4.75 Å². The van der Waals surface area contributed by atoms with Gasteiger partial charge in [-0.25, -0.2) is 0 Å². The lowest BCUT2D eigenvalue weighted by Gasteiger charge is -2.49. The second-order valence-corrected chi connectivity index (χ2v) is 6.13. The van der Waals surface area contributed by atoms with E-state index in [9.17, 15) is 10.5 Å². The molecule has 96 valence electrons. The van der Waals surface area contributed by atoms with Crippen molar-refractivity contribution < 1.29 is 0 Å². The van der Waals surface area contributed by atoms with Crippen molar-refractivity contribution in [2.75, 3.05) is 0 Å². The molecule has 0 N–H and O–H groups in total. The van der Waals surface area contributed by atoms with Gasteiger partial charge in [0.2, 0.25) is 0 Å². The van der Waals surface area contributed by atoms with Crippen LogP contribution in [0.5, 0.6) is 0 Å². The number of nitrogens with zero attached hydrogens (tertiary/aromatic N) is 2. The molecule has 20 heavy (non-hydrogen) atoms. The summed E-state index contributed by atoms with van der Waals surface area (Å²) in [4.78, 5) is 0. The zero-order valence-electron chi connectivity index (χ0n) is 10.7. The molecule has 2 aromatic rings. The highest BCUT2D eigenvalue weighted by molar-refractivity contribution is 8.02. The molecule has 0 radical (unpaired) electrons. The second kappa shape index (κ2) is 5.04. The van der Waals surface area contributed by atoms with Gasteiger partial charge in [0, 0.05) is 0 Å². The van der Waals surface area contributed by atoms with E-state index in [-0.39, 0.29) is 11.2 Å². The summed E-state index contributed by atoms with van der Waals surface area (Å²) in [5.41, 5.74) is 2.18. The Hall–Kier alpha value is -2.23. The standard InChI is InChI=1S/C17H12N2S/c18-11-15-16(12-19)20-17(15,13-7-3-1-4-8-13)14-9-5-2-6-10-14/h1-10,15-16H/t15-,16-/m0/s1. The minimum Gasteiger partial charge on any atom is -0.198 e. The molecule has 1 fully saturated rings. The van der Waals surface area contributed by atoms with Gasteiger partial charge in [-0.2, -0.15) is 10.5 Å². The van der Waals surface area contributed by atoms with Crippen LogP contribution in [0.25, 0.3) is 0 Å². The van der Waals surface area contributed by atoms with Gasteiger partial charge in [-0.3, -0.25) is 0 Å². The molecule has 1 saturated heterocycles. The van der Waals surface area contributed by atoms with E-state index >= 15 is 0 Å². The normalized spacial score (nSPS) is 23.1. The summed E-state index contributed by atoms with van der Waals surface area (Å²) < 4.78 is -0.419. The minimum atomic E-state index is -0.419. The summed E-state index contributed by atoms with van der Waals surface area (Å²) in [5, 5.41) is 18.5. The Balaban J connectivity index is 2.17. The predicted octanol–water partition coefficient (Wildman–Crippen LogP) is 3.71. The first kappa shape index (κ1) is 12.8. The fourth-order valence-corrected chi connectivity index (χ4v) is 4.28. The number of hydrogen-bond donors (Lipinski definition) is 0. The van der Waals surface area contributed by atoms with E-state index in [1.54, 1.807) is 11.8 Å². The molecule has 0 spiro atoms. The molecule has 1 aliphatic rings. The molecule has 0 aliphatic carbocycles. The Kier molecular flexibility index (Phi) is 3.22. The zero-order valence-corrected chi connectivity index (χ0v) is 11.5. The van der Waals surface area contributed by atoms with Gasteiger partial charge >= 0.3 is 0 Å². The summed E-state index contributed by atoms with van der Waals surface area (Å²) in [6.07, 6.45) is 0. The first-order valence-electron chi connectivity index (χ1n) is 6.41. The Morgan fingerprint density at radius 1 is 0.800 bits per heavy atom. The van der Waals surface area contributed by atoms with Crippen LogP contribution in [0, 0.1) is 28.6 Å². The van der Waals surface area contributed by atoms with Crippen molar-refractivity contribution in [2.24, 2.45) is 5.92 Å². The number of thioether (sulfide) groups is 1. The van der Waals surface area contributed by atoms with Gasteiger partial charge in [0.05, 0.1) is 22.8 Å². The molecule has 3 rings (SSSR count). The molecule has 0 aromatic heterocycles. The van der Waals surface area contributed by atoms with Crippen LogP contribution in [-0.4, -0.2) is 5.25 Å². The average molecular weight is 276 g/mol. The van der Waals surface area contributed by atoms with Gasteiger partial charge in [-0.15, -0.1) is 11.8 Å². The molecule has 0 amide bonds. The third-order valence-electron chi connectivity index (χ3n) is 3.73. The van der Waals surface area contributed by atoms with Crippen molar-refractivity contribution in [1.29, 1.82) is 10.5 Å². The third-order valence-corrected chi connectivity index (χ3v) is 5.45. The lowest BCUT2D eigenvalue weighted by atomic mass is 9.77. The SMILES string of the molecule is N#C[C@@H]1SC(c2ccccc2)(c2ccccc2)[C@H]1C#N. The maximum atomic E-state index is 9.53. The lowest BCUT2D eigenvalue weighted by molar-refractivity contribution is 0.504. The molecule has 2 nitrogen and oxygen atoms in total. The largest absolute Gasteiger partial charge is 0.198 e. The summed E-state index contributed by atoms with van der Waals surface area (Å²) >= 11 is 1.58. The highest BCUT2D eigenvalue weighted by Gasteiger charge is 2.57. The molecule has 1 aliphatic heterocycles. The minimum absolute atomic E-state index is 0.264. The van der Waals surface area contributed by atoms with Gasteiger partial charge in [-0.1, -0.05) is 60.7 Å². The number of hydrogen-bond acceptors (Lipinski definition) is 3. The van der Waals surface area contributed by atoms with Crippen LogP contribution >= 0.6 is 11.8 Å². The van der Waals surface area contributed by atoms with Crippen LogP contribution < -0.4 is 0 Å². The van der Waals surface area contributed by atoms with Gasteiger partial charge in [0.25, 0.3) is 0 Å². The van der Waals surface area contributed by atoms with Gasteiger partial charge < -0.3 is 0 Å². The molecular weight excluding hydrogens is 264 g/mol. The van der Waals surface area contributed by atoms with Gasteiger partial charge in [0.1, 0.15) is 5.25 Å². The van der Waals surface area contributed by atoms with E-state index in [2.05, 4.69) is 12.1 Å². The Morgan fingerprint density at radius 3 is 1.70 bits per heavy atom. The highest BCUT2D eigenvalue weighted by Crippen LogP contribution is 2.61.